The number of rotatable bonds is 3. The lowest BCUT2D eigenvalue weighted by Gasteiger charge is -2.20. The summed E-state index contributed by atoms with van der Waals surface area (Å²) in [5.41, 5.74) is 7.59. The molecule has 0 unspecified atom stereocenters. The van der Waals surface area contributed by atoms with Crippen molar-refractivity contribution in [3.05, 3.63) is 146 Å². The average Bonchev–Trinajstić information content (AvgIpc) is 3.00. The maximum atomic E-state index is 2.34. The van der Waals surface area contributed by atoms with Gasteiger partial charge in [0.05, 0.1) is 0 Å². The van der Waals surface area contributed by atoms with Gasteiger partial charge in [-0.3, -0.25) is 0 Å². The summed E-state index contributed by atoms with van der Waals surface area (Å²) in [6.07, 6.45) is 0. The van der Waals surface area contributed by atoms with Crippen molar-refractivity contribution in [3.63, 3.8) is 0 Å². The summed E-state index contributed by atoms with van der Waals surface area (Å²) in [5, 5.41) is 10.6. The van der Waals surface area contributed by atoms with Crippen LogP contribution in [0.5, 0.6) is 0 Å². The molecule has 0 saturated carbocycles. The smallest absolute Gasteiger partial charge is 0.00139 e. The molecule has 0 aliphatic heterocycles. The molecule has 0 amide bonds. The molecule has 0 aromatic heterocycles. The van der Waals surface area contributed by atoms with Crippen LogP contribution in [-0.2, 0) is 0 Å². The van der Waals surface area contributed by atoms with Gasteiger partial charge in [0.2, 0.25) is 0 Å². The van der Waals surface area contributed by atoms with E-state index in [-0.39, 0.29) is 0 Å². The predicted octanol–water partition coefficient (Wildman–Crippen LogP) is 10.7. The van der Waals surface area contributed by atoms with Gasteiger partial charge < -0.3 is 0 Å². The van der Waals surface area contributed by atoms with Crippen LogP contribution < -0.4 is 0 Å². The zero-order valence-corrected chi connectivity index (χ0v) is 20.9. The van der Waals surface area contributed by atoms with Crippen molar-refractivity contribution >= 4 is 43.1 Å². The summed E-state index contributed by atoms with van der Waals surface area (Å²) in [6, 6.07) is 53.1. The number of hydrogen-bond acceptors (Lipinski definition) is 0. The summed E-state index contributed by atoms with van der Waals surface area (Å²) in [6.45, 7) is 0. The van der Waals surface area contributed by atoms with Crippen LogP contribution in [0, 0.1) is 0 Å². The molecule has 0 heteroatoms. The standard InChI is InChI=1S/C38H24/c1-4-11-25(12-5-1)28-19-22-33-35-24-21-30(27-15-8-3-9-16-27)37-29(26-13-6-2-7-14-26)20-23-34(38(35)37)32-18-10-17-31(28)36(32)33/h1-24H. The van der Waals surface area contributed by atoms with Gasteiger partial charge in [0.15, 0.2) is 0 Å². The van der Waals surface area contributed by atoms with Crippen LogP contribution in [0.3, 0.4) is 0 Å². The minimum Gasteiger partial charge on any atom is -0.0622 e. The van der Waals surface area contributed by atoms with Gasteiger partial charge in [-0.1, -0.05) is 146 Å². The number of fused-ring (bicyclic) bond motifs is 2. The van der Waals surface area contributed by atoms with Gasteiger partial charge in [0.25, 0.3) is 0 Å². The fraction of sp³-hybridized carbons (Fsp3) is 0. The van der Waals surface area contributed by atoms with Crippen molar-refractivity contribution in [1.82, 2.24) is 0 Å². The van der Waals surface area contributed by atoms with E-state index >= 15 is 0 Å². The minimum absolute atomic E-state index is 1.25. The first kappa shape index (κ1) is 21.2. The minimum atomic E-state index is 1.25. The first-order chi connectivity index (χ1) is 18.9. The molecule has 0 radical (unpaired) electrons. The first-order valence-electron chi connectivity index (χ1n) is 13.2. The van der Waals surface area contributed by atoms with E-state index in [1.165, 1.54) is 76.5 Å². The lowest BCUT2D eigenvalue weighted by atomic mass is 9.83. The summed E-state index contributed by atoms with van der Waals surface area (Å²) < 4.78 is 0. The van der Waals surface area contributed by atoms with Gasteiger partial charge in [-0.25, -0.2) is 0 Å². The zero-order valence-electron chi connectivity index (χ0n) is 20.9. The largest absolute Gasteiger partial charge is 0.0622 e. The van der Waals surface area contributed by atoms with Gasteiger partial charge in [0.1, 0.15) is 0 Å². The lowest BCUT2D eigenvalue weighted by Crippen LogP contribution is -1.92. The Morgan fingerprint density at radius 1 is 0.211 bits per heavy atom. The van der Waals surface area contributed by atoms with E-state index in [2.05, 4.69) is 146 Å². The monoisotopic (exact) mass is 480 g/mol. The van der Waals surface area contributed by atoms with E-state index in [1.807, 2.05) is 0 Å². The fourth-order valence-corrected chi connectivity index (χ4v) is 6.39. The topological polar surface area (TPSA) is 0 Å². The van der Waals surface area contributed by atoms with E-state index in [9.17, 15) is 0 Å². The van der Waals surface area contributed by atoms with E-state index < -0.39 is 0 Å². The van der Waals surface area contributed by atoms with E-state index in [4.69, 9.17) is 0 Å². The number of benzene rings is 8. The molecule has 0 aliphatic carbocycles. The Morgan fingerprint density at radius 2 is 0.605 bits per heavy atom. The highest BCUT2D eigenvalue weighted by Gasteiger charge is 2.19. The maximum absolute atomic E-state index is 2.34. The quantitative estimate of drug-likeness (QED) is 0.174. The highest BCUT2D eigenvalue weighted by Crippen LogP contribution is 2.47. The Balaban J connectivity index is 1.57. The Bertz CT molecular complexity index is 1990. The van der Waals surface area contributed by atoms with Crippen molar-refractivity contribution in [1.29, 1.82) is 0 Å². The molecule has 0 N–H and O–H groups in total. The maximum Gasteiger partial charge on any atom is -0.00139 e. The third-order valence-corrected chi connectivity index (χ3v) is 8.04. The van der Waals surface area contributed by atoms with Crippen molar-refractivity contribution < 1.29 is 0 Å². The predicted molar refractivity (Wildman–Crippen MR) is 164 cm³/mol. The summed E-state index contributed by atoms with van der Waals surface area (Å²) in [5.74, 6) is 0. The Morgan fingerprint density at radius 3 is 1.13 bits per heavy atom. The van der Waals surface area contributed by atoms with Crippen LogP contribution in [0.15, 0.2) is 146 Å². The average molecular weight is 481 g/mol. The second kappa shape index (κ2) is 8.30. The van der Waals surface area contributed by atoms with Crippen LogP contribution in [0.2, 0.25) is 0 Å². The Labute approximate surface area is 221 Å². The molecular formula is C38H24. The van der Waals surface area contributed by atoms with Crippen molar-refractivity contribution in [2.24, 2.45) is 0 Å². The van der Waals surface area contributed by atoms with E-state index in [0.29, 0.717) is 0 Å². The van der Waals surface area contributed by atoms with Gasteiger partial charge in [-0.05, 0) is 76.5 Å². The molecule has 0 aliphatic rings. The van der Waals surface area contributed by atoms with Crippen LogP contribution >= 0.6 is 0 Å². The van der Waals surface area contributed by atoms with Crippen molar-refractivity contribution in [3.8, 4) is 33.4 Å². The first-order valence-corrected chi connectivity index (χ1v) is 13.2. The molecule has 0 fully saturated rings. The van der Waals surface area contributed by atoms with Crippen LogP contribution in [-0.4, -0.2) is 0 Å². The molecule has 38 heavy (non-hydrogen) atoms. The molecule has 0 heterocycles. The van der Waals surface area contributed by atoms with Gasteiger partial charge >= 0.3 is 0 Å². The van der Waals surface area contributed by atoms with Crippen molar-refractivity contribution in [2.45, 2.75) is 0 Å². The molecule has 0 atom stereocenters. The van der Waals surface area contributed by atoms with E-state index in [1.54, 1.807) is 0 Å². The van der Waals surface area contributed by atoms with Crippen LogP contribution in [0.4, 0.5) is 0 Å². The zero-order chi connectivity index (χ0) is 25.1. The normalized spacial score (nSPS) is 11.7. The fourth-order valence-electron chi connectivity index (χ4n) is 6.39. The lowest BCUT2D eigenvalue weighted by molar-refractivity contribution is 1.64. The highest BCUT2D eigenvalue weighted by atomic mass is 14.2. The number of hydrogen-bond donors (Lipinski definition) is 0. The molecule has 0 saturated heterocycles. The van der Waals surface area contributed by atoms with Gasteiger partial charge in [-0.15, -0.1) is 0 Å². The third-order valence-electron chi connectivity index (χ3n) is 8.04. The van der Waals surface area contributed by atoms with E-state index in [0.717, 1.165) is 0 Å². The SMILES string of the molecule is c1ccc(-c2ccc3c4ccc(-c5ccccc5)c5c(-c6ccccc6)ccc(c6cccc2c63)c54)cc1. The molecule has 8 aromatic rings. The van der Waals surface area contributed by atoms with Crippen LogP contribution in [0.1, 0.15) is 0 Å². The molecule has 0 spiro atoms. The highest BCUT2D eigenvalue weighted by molar-refractivity contribution is 6.36. The van der Waals surface area contributed by atoms with Gasteiger partial charge in [-0.2, -0.15) is 0 Å². The second-order valence-electron chi connectivity index (χ2n) is 10.1. The Kier molecular flexibility index (Phi) is 4.62. The van der Waals surface area contributed by atoms with Crippen molar-refractivity contribution in [2.75, 3.05) is 0 Å². The second-order valence-corrected chi connectivity index (χ2v) is 10.1. The van der Waals surface area contributed by atoms with Gasteiger partial charge in [0, 0.05) is 0 Å². The molecular weight excluding hydrogens is 456 g/mol. The molecule has 176 valence electrons. The summed E-state index contributed by atoms with van der Waals surface area (Å²) >= 11 is 0. The molecule has 8 rings (SSSR count). The Hall–Kier alpha value is -4.94. The van der Waals surface area contributed by atoms with Crippen LogP contribution in [0.25, 0.3) is 76.5 Å². The molecule has 8 aromatic carbocycles. The third kappa shape index (κ3) is 3.04. The molecule has 0 bridgehead atoms. The molecule has 0 nitrogen and oxygen atoms in total. The summed E-state index contributed by atoms with van der Waals surface area (Å²) in [4.78, 5) is 0. The summed E-state index contributed by atoms with van der Waals surface area (Å²) in [7, 11) is 0.